The fourth-order valence-electron chi connectivity index (χ4n) is 6.14. The van der Waals surface area contributed by atoms with E-state index in [0.29, 0.717) is 21.2 Å². The molecule has 2 heterocycles. The van der Waals surface area contributed by atoms with Gasteiger partial charge in [0.1, 0.15) is 5.41 Å². The third-order valence-electron chi connectivity index (χ3n) is 7.41. The van der Waals surface area contributed by atoms with E-state index in [1.165, 1.54) is 6.92 Å². The van der Waals surface area contributed by atoms with Gasteiger partial charge in [0, 0.05) is 32.8 Å². The molecule has 168 valence electrons. The van der Waals surface area contributed by atoms with E-state index in [-0.39, 0.29) is 17.3 Å². The third kappa shape index (κ3) is 2.64. The smallest absolute Gasteiger partial charge is 0.180 e. The monoisotopic (exact) mass is 487 g/mol. The molecule has 6 rings (SSSR count). The standard InChI is InChI=1S/C28H19Cl2NO3/c1-15(32)25-24(16-6-9-18(29)10-7-16)28(26(33)20-4-2-3-5-21(20)27(28)34)23-13-8-17-14-19(30)11-12-22(17)31(23)25/h2-14,23-25H,1H3/t23-,24-,25-/m1/s1. The molecule has 34 heavy (non-hydrogen) atoms. The fourth-order valence-corrected chi connectivity index (χ4v) is 6.45. The first-order chi connectivity index (χ1) is 16.4. The highest BCUT2D eigenvalue weighted by atomic mass is 35.5. The highest BCUT2D eigenvalue weighted by molar-refractivity contribution is 6.33. The molecule has 1 aliphatic carbocycles. The molecule has 1 fully saturated rings. The van der Waals surface area contributed by atoms with Crippen molar-refractivity contribution in [2.24, 2.45) is 5.41 Å². The molecule has 3 aromatic carbocycles. The lowest BCUT2D eigenvalue weighted by Crippen LogP contribution is -2.48. The minimum absolute atomic E-state index is 0.116. The summed E-state index contributed by atoms with van der Waals surface area (Å²) in [5.74, 6) is -1.29. The first-order valence-electron chi connectivity index (χ1n) is 11.1. The van der Waals surface area contributed by atoms with Crippen LogP contribution in [-0.4, -0.2) is 29.4 Å². The van der Waals surface area contributed by atoms with E-state index in [2.05, 4.69) is 0 Å². The summed E-state index contributed by atoms with van der Waals surface area (Å²) in [6, 6.07) is 18.2. The first kappa shape index (κ1) is 21.3. The van der Waals surface area contributed by atoms with Gasteiger partial charge in [-0.05, 0) is 48.4 Å². The Labute approximate surface area is 206 Å². The summed E-state index contributed by atoms with van der Waals surface area (Å²) in [5, 5.41) is 1.12. The zero-order chi connectivity index (χ0) is 23.8. The number of hydrogen-bond acceptors (Lipinski definition) is 4. The molecule has 4 nitrogen and oxygen atoms in total. The Hall–Kier alpha value is -3.21. The van der Waals surface area contributed by atoms with Crippen LogP contribution in [0.2, 0.25) is 10.0 Å². The number of carbonyl (C=O) groups excluding carboxylic acids is 3. The van der Waals surface area contributed by atoms with Gasteiger partial charge >= 0.3 is 0 Å². The number of fused-ring (bicyclic) bond motifs is 5. The minimum Gasteiger partial charge on any atom is -0.352 e. The maximum absolute atomic E-state index is 14.2. The van der Waals surface area contributed by atoms with Crippen molar-refractivity contribution >= 4 is 52.3 Å². The SMILES string of the molecule is CC(=O)[C@@H]1[C@@H](c2ccc(Cl)cc2)C2(C(=O)c3ccccc3C2=O)[C@H]2C=Cc3cc(Cl)ccc3N12. The Morgan fingerprint density at radius 1 is 0.882 bits per heavy atom. The van der Waals surface area contributed by atoms with Crippen LogP contribution in [0.1, 0.15) is 44.7 Å². The highest BCUT2D eigenvalue weighted by Crippen LogP contribution is 2.60. The summed E-state index contributed by atoms with van der Waals surface area (Å²) >= 11 is 12.4. The Morgan fingerprint density at radius 3 is 2.12 bits per heavy atom. The minimum atomic E-state index is -1.47. The van der Waals surface area contributed by atoms with E-state index >= 15 is 0 Å². The van der Waals surface area contributed by atoms with Crippen molar-refractivity contribution < 1.29 is 14.4 Å². The van der Waals surface area contributed by atoms with Gasteiger partial charge in [-0.2, -0.15) is 0 Å². The molecule has 1 saturated heterocycles. The molecule has 1 spiro atoms. The van der Waals surface area contributed by atoms with Crippen molar-refractivity contribution in [1.29, 1.82) is 0 Å². The largest absolute Gasteiger partial charge is 0.352 e. The van der Waals surface area contributed by atoms with E-state index in [4.69, 9.17) is 23.2 Å². The van der Waals surface area contributed by atoms with Crippen LogP contribution < -0.4 is 4.90 Å². The van der Waals surface area contributed by atoms with Gasteiger partial charge in [0.05, 0.1) is 12.1 Å². The van der Waals surface area contributed by atoms with Gasteiger partial charge in [0.2, 0.25) is 0 Å². The van der Waals surface area contributed by atoms with Crippen LogP contribution in [0.4, 0.5) is 5.69 Å². The van der Waals surface area contributed by atoms with Crippen molar-refractivity contribution in [3.63, 3.8) is 0 Å². The van der Waals surface area contributed by atoms with Crippen molar-refractivity contribution in [3.8, 4) is 0 Å². The van der Waals surface area contributed by atoms with Gasteiger partial charge in [0.25, 0.3) is 0 Å². The number of ketones is 3. The van der Waals surface area contributed by atoms with E-state index in [9.17, 15) is 14.4 Å². The molecule has 3 aromatic rings. The summed E-state index contributed by atoms with van der Waals surface area (Å²) in [6.07, 6.45) is 3.78. The van der Waals surface area contributed by atoms with Gasteiger partial charge in [-0.25, -0.2) is 0 Å². The van der Waals surface area contributed by atoms with Crippen molar-refractivity contribution in [3.05, 3.63) is 105 Å². The summed E-state index contributed by atoms with van der Waals surface area (Å²) in [4.78, 5) is 43.7. The van der Waals surface area contributed by atoms with Gasteiger partial charge in [-0.1, -0.05) is 71.8 Å². The van der Waals surface area contributed by atoms with E-state index in [1.54, 1.807) is 42.5 Å². The molecule has 2 aliphatic heterocycles. The summed E-state index contributed by atoms with van der Waals surface area (Å²) in [5.41, 5.74) is 1.71. The molecule has 0 bridgehead atoms. The highest BCUT2D eigenvalue weighted by Gasteiger charge is 2.71. The second-order valence-corrected chi connectivity index (χ2v) is 9.94. The first-order valence-corrected chi connectivity index (χ1v) is 11.8. The van der Waals surface area contributed by atoms with Crippen LogP contribution in [0.15, 0.2) is 72.8 Å². The number of carbonyl (C=O) groups is 3. The maximum atomic E-state index is 14.2. The lowest BCUT2D eigenvalue weighted by Gasteiger charge is -2.37. The third-order valence-corrected chi connectivity index (χ3v) is 7.90. The predicted molar refractivity (Wildman–Crippen MR) is 133 cm³/mol. The lowest BCUT2D eigenvalue weighted by molar-refractivity contribution is -0.118. The maximum Gasteiger partial charge on any atom is 0.180 e. The van der Waals surface area contributed by atoms with Crippen LogP contribution in [-0.2, 0) is 4.79 Å². The molecule has 3 aliphatic rings. The molecule has 6 heteroatoms. The van der Waals surface area contributed by atoms with Gasteiger partial charge in [-0.3, -0.25) is 14.4 Å². The molecular formula is C28H19Cl2NO3. The van der Waals surface area contributed by atoms with E-state index in [1.807, 2.05) is 41.3 Å². The molecule has 3 atom stereocenters. The van der Waals surface area contributed by atoms with Crippen LogP contribution in [0.5, 0.6) is 0 Å². The molecule has 0 saturated carbocycles. The summed E-state index contributed by atoms with van der Waals surface area (Å²) in [6.45, 7) is 1.52. The fraction of sp³-hybridized carbons (Fsp3) is 0.179. The van der Waals surface area contributed by atoms with Crippen LogP contribution >= 0.6 is 23.2 Å². The number of anilines is 1. The zero-order valence-corrected chi connectivity index (χ0v) is 19.7. The predicted octanol–water partition coefficient (Wildman–Crippen LogP) is 6.02. The zero-order valence-electron chi connectivity index (χ0n) is 18.2. The van der Waals surface area contributed by atoms with Crippen LogP contribution in [0.25, 0.3) is 6.08 Å². The molecule has 0 radical (unpaired) electrons. The Bertz CT molecular complexity index is 1390. The second kappa shape index (κ2) is 7.39. The number of hydrogen-bond donors (Lipinski definition) is 0. The Morgan fingerprint density at radius 2 is 1.50 bits per heavy atom. The van der Waals surface area contributed by atoms with Gasteiger partial charge < -0.3 is 4.90 Å². The summed E-state index contributed by atoms with van der Waals surface area (Å²) < 4.78 is 0. The Balaban J connectivity index is 1.68. The molecule has 0 aromatic heterocycles. The average Bonchev–Trinajstić information content (AvgIpc) is 3.26. The summed E-state index contributed by atoms with van der Waals surface area (Å²) in [7, 11) is 0. The molecular weight excluding hydrogens is 469 g/mol. The number of nitrogens with zero attached hydrogens (tertiary/aromatic N) is 1. The number of halogens is 2. The van der Waals surface area contributed by atoms with Gasteiger partial charge in [-0.15, -0.1) is 0 Å². The van der Waals surface area contributed by atoms with Gasteiger partial charge in [0.15, 0.2) is 17.3 Å². The Kier molecular flexibility index (Phi) is 4.64. The quantitative estimate of drug-likeness (QED) is 0.415. The van der Waals surface area contributed by atoms with Crippen molar-refractivity contribution in [2.45, 2.75) is 24.9 Å². The van der Waals surface area contributed by atoms with Crippen molar-refractivity contribution in [2.75, 3.05) is 4.90 Å². The normalized spacial score (nSPS) is 23.7. The lowest BCUT2D eigenvalue weighted by atomic mass is 9.64. The molecule has 0 N–H and O–H groups in total. The number of rotatable bonds is 2. The molecule has 0 amide bonds. The average molecular weight is 488 g/mol. The topological polar surface area (TPSA) is 54.5 Å². The van der Waals surface area contributed by atoms with Crippen LogP contribution in [0.3, 0.4) is 0 Å². The molecule has 0 unspecified atom stereocenters. The number of benzene rings is 3. The van der Waals surface area contributed by atoms with Crippen LogP contribution in [0, 0.1) is 5.41 Å². The second-order valence-electron chi connectivity index (χ2n) is 9.07. The van der Waals surface area contributed by atoms with E-state index in [0.717, 1.165) is 16.8 Å². The number of Topliss-reactive ketones (excluding diaryl/α,β-unsaturated/α-hetero) is 3. The van der Waals surface area contributed by atoms with E-state index < -0.39 is 23.4 Å². The van der Waals surface area contributed by atoms with Crippen molar-refractivity contribution in [1.82, 2.24) is 0 Å².